The lowest BCUT2D eigenvalue weighted by molar-refractivity contribution is 0.454. The molecule has 1 heterocycles. The Kier molecular flexibility index (Phi) is 4.50. The number of benzene rings is 1. The second-order valence-corrected chi connectivity index (χ2v) is 5.41. The Bertz CT molecular complexity index is 487. The van der Waals surface area contributed by atoms with E-state index in [0.29, 0.717) is 0 Å². The van der Waals surface area contributed by atoms with Crippen molar-refractivity contribution in [3.05, 3.63) is 40.7 Å². The number of oxazole rings is 1. The quantitative estimate of drug-likeness (QED) is 0.670. The number of hydrogen-bond acceptors (Lipinski definition) is 4. The third kappa shape index (κ3) is 3.78. The maximum atomic E-state index is 5.26. The fourth-order valence-corrected chi connectivity index (χ4v) is 2.46. The number of aromatic nitrogens is 1. The number of halogens is 1. The molecule has 2 aromatic rings. The average molecular weight is 313 g/mol. The first-order chi connectivity index (χ1) is 8.25. The number of rotatable bonds is 5. The second kappa shape index (κ2) is 6.12. The largest absolute Gasteiger partial charge is 0.440 e. The Hall–Kier alpha value is -0.940. The molecule has 1 N–H and O–H groups in total. The van der Waals surface area contributed by atoms with Gasteiger partial charge in [-0.2, -0.15) is 0 Å². The van der Waals surface area contributed by atoms with Crippen LogP contribution in [0.25, 0.3) is 0 Å². The third-order valence-electron chi connectivity index (χ3n) is 2.11. The number of para-hydroxylation sites is 1. The van der Waals surface area contributed by atoms with Gasteiger partial charge in [0.15, 0.2) is 0 Å². The van der Waals surface area contributed by atoms with E-state index < -0.39 is 0 Å². The lowest BCUT2D eigenvalue weighted by atomic mass is 10.3. The van der Waals surface area contributed by atoms with Crippen molar-refractivity contribution in [1.29, 1.82) is 0 Å². The van der Waals surface area contributed by atoms with Crippen molar-refractivity contribution in [2.24, 2.45) is 0 Å². The molecule has 5 heteroatoms. The third-order valence-corrected chi connectivity index (χ3v) is 3.65. The molecule has 0 aliphatic heterocycles. The number of aryl methyl sites for hydroxylation is 1. The molecule has 0 atom stereocenters. The summed E-state index contributed by atoms with van der Waals surface area (Å²) in [4.78, 5) is 4.23. The number of hydrogen-bond donors (Lipinski definition) is 1. The van der Waals surface area contributed by atoms with Gasteiger partial charge >= 0.3 is 0 Å². The highest BCUT2D eigenvalue weighted by Gasteiger charge is 2.01. The smallest absolute Gasteiger partial charge is 0.255 e. The van der Waals surface area contributed by atoms with Crippen molar-refractivity contribution in [2.45, 2.75) is 12.1 Å². The summed E-state index contributed by atoms with van der Waals surface area (Å²) in [6, 6.07) is 8.08. The fourth-order valence-electron chi connectivity index (χ4n) is 1.33. The van der Waals surface area contributed by atoms with E-state index in [1.165, 1.54) is 0 Å². The van der Waals surface area contributed by atoms with Crippen LogP contribution in [0.15, 0.2) is 44.6 Å². The van der Waals surface area contributed by atoms with Gasteiger partial charge in [0, 0.05) is 22.5 Å². The summed E-state index contributed by atoms with van der Waals surface area (Å²) in [6.45, 7) is 2.79. The maximum Gasteiger partial charge on any atom is 0.255 e. The van der Waals surface area contributed by atoms with Gasteiger partial charge in [-0.25, -0.2) is 4.98 Å². The van der Waals surface area contributed by atoms with Gasteiger partial charge in [0.05, 0.1) is 5.69 Å². The summed E-state index contributed by atoms with van der Waals surface area (Å²) in [5.41, 5.74) is 2.03. The van der Waals surface area contributed by atoms with Gasteiger partial charge in [0.25, 0.3) is 5.22 Å². The van der Waals surface area contributed by atoms with Crippen LogP contribution in [0.2, 0.25) is 0 Å². The highest BCUT2D eigenvalue weighted by Crippen LogP contribution is 2.22. The van der Waals surface area contributed by atoms with E-state index in [4.69, 9.17) is 4.42 Å². The summed E-state index contributed by atoms with van der Waals surface area (Å²) >= 11 is 5.11. The van der Waals surface area contributed by atoms with E-state index in [1.807, 2.05) is 31.2 Å². The molecule has 3 nitrogen and oxygen atoms in total. The average Bonchev–Trinajstić information content (AvgIpc) is 2.73. The van der Waals surface area contributed by atoms with Crippen molar-refractivity contribution in [1.82, 2.24) is 4.98 Å². The standard InChI is InChI=1S/C12H13BrN2OS/c1-9-8-16-12(15-9)17-7-6-14-11-5-3-2-4-10(11)13/h2-5,8,14H,6-7H2,1H3. The number of thioether (sulfide) groups is 1. The molecule has 0 saturated heterocycles. The molecule has 0 spiro atoms. The molecule has 1 aromatic carbocycles. The van der Waals surface area contributed by atoms with Crippen molar-refractivity contribution in [2.75, 3.05) is 17.6 Å². The van der Waals surface area contributed by atoms with Gasteiger partial charge in [-0.05, 0) is 35.0 Å². The minimum absolute atomic E-state index is 0.733. The van der Waals surface area contributed by atoms with Gasteiger partial charge < -0.3 is 9.73 Å². The molecule has 1 aromatic heterocycles. The van der Waals surface area contributed by atoms with Gasteiger partial charge in [-0.15, -0.1) is 0 Å². The molecule has 90 valence electrons. The normalized spacial score (nSPS) is 10.5. The lowest BCUT2D eigenvalue weighted by Gasteiger charge is -2.06. The first-order valence-corrected chi connectivity index (χ1v) is 7.07. The number of nitrogens with zero attached hydrogens (tertiary/aromatic N) is 1. The van der Waals surface area contributed by atoms with Gasteiger partial charge in [-0.3, -0.25) is 0 Å². The molecule has 0 fully saturated rings. The van der Waals surface area contributed by atoms with Crippen LogP contribution in [0, 0.1) is 6.92 Å². The van der Waals surface area contributed by atoms with Crippen molar-refractivity contribution >= 4 is 33.4 Å². The minimum atomic E-state index is 0.733. The summed E-state index contributed by atoms with van der Waals surface area (Å²) in [7, 11) is 0. The minimum Gasteiger partial charge on any atom is -0.440 e. The highest BCUT2D eigenvalue weighted by molar-refractivity contribution is 9.10. The highest BCUT2D eigenvalue weighted by atomic mass is 79.9. The van der Waals surface area contributed by atoms with Crippen LogP contribution in [0.5, 0.6) is 0 Å². The Morgan fingerprint density at radius 1 is 1.41 bits per heavy atom. The number of anilines is 1. The van der Waals surface area contributed by atoms with Crippen molar-refractivity contribution < 1.29 is 4.42 Å². The van der Waals surface area contributed by atoms with Crippen molar-refractivity contribution in [3.63, 3.8) is 0 Å². The summed E-state index contributed by atoms with van der Waals surface area (Å²) in [5, 5.41) is 4.09. The lowest BCUT2D eigenvalue weighted by Crippen LogP contribution is -2.04. The summed E-state index contributed by atoms with van der Waals surface area (Å²) < 4.78 is 6.34. The van der Waals surface area contributed by atoms with Crippen molar-refractivity contribution in [3.8, 4) is 0 Å². The zero-order valence-electron chi connectivity index (χ0n) is 9.44. The van der Waals surface area contributed by atoms with E-state index >= 15 is 0 Å². The molecular weight excluding hydrogens is 300 g/mol. The van der Waals surface area contributed by atoms with Crippen LogP contribution in [0.1, 0.15) is 5.69 Å². The predicted molar refractivity (Wildman–Crippen MR) is 74.6 cm³/mol. The zero-order chi connectivity index (χ0) is 12.1. The van der Waals surface area contributed by atoms with Gasteiger partial charge in [0.2, 0.25) is 0 Å². The summed E-state index contributed by atoms with van der Waals surface area (Å²) in [6.07, 6.45) is 1.67. The molecule has 17 heavy (non-hydrogen) atoms. The Morgan fingerprint density at radius 3 is 2.94 bits per heavy atom. The van der Waals surface area contributed by atoms with Crippen LogP contribution in [0.3, 0.4) is 0 Å². The maximum absolute atomic E-state index is 5.26. The van der Waals surface area contributed by atoms with E-state index in [0.717, 1.165) is 33.4 Å². The van der Waals surface area contributed by atoms with E-state index in [9.17, 15) is 0 Å². The van der Waals surface area contributed by atoms with Crippen LogP contribution in [-0.2, 0) is 0 Å². The summed E-state index contributed by atoms with van der Waals surface area (Å²) in [5.74, 6) is 0.918. The second-order valence-electron chi connectivity index (χ2n) is 3.51. The Labute approximate surface area is 113 Å². The van der Waals surface area contributed by atoms with E-state index in [-0.39, 0.29) is 0 Å². The topological polar surface area (TPSA) is 38.1 Å². The monoisotopic (exact) mass is 312 g/mol. The van der Waals surface area contributed by atoms with Crippen LogP contribution in [0.4, 0.5) is 5.69 Å². The van der Waals surface area contributed by atoms with E-state index in [2.05, 4.69) is 26.2 Å². The van der Waals surface area contributed by atoms with Gasteiger partial charge in [-0.1, -0.05) is 23.9 Å². The fraction of sp³-hybridized carbons (Fsp3) is 0.250. The number of nitrogens with one attached hydrogen (secondary N) is 1. The zero-order valence-corrected chi connectivity index (χ0v) is 11.8. The molecule has 0 amide bonds. The Morgan fingerprint density at radius 2 is 2.24 bits per heavy atom. The molecule has 0 radical (unpaired) electrons. The Balaban J connectivity index is 1.75. The molecule has 0 saturated carbocycles. The molecule has 0 bridgehead atoms. The molecular formula is C12H13BrN2OS. The predicted octanol–water partition coefficient (Wildman–Crippen LogP) is 3.95. The first-order valence-electron chi connectivity index (χ1n) is 5.29. The van der Waals surface area contributed by atoms with Gasteiger partial charge in [0.1, 0.15) is 6.26 Å². The molecule has 0 aliphatic carbocycles. The van der Waals surface area contributed by atoms with Crippen LogP contribution >= 0.6 is 27.7 Å². The van der Waals surface area contributed by atoms with E-state index in [1.54, 1.807) is 18.0 Å². The SMILES string of the molecule is Cc1coc(SCCNc2ccccc2Br)n1. The first kappa shape index (κ1) is 12.5. The molecule has 2 rings (SSSR count). The van der Waals surface area contributed by atoms with Crippen LogP contribution < -0.4 is 5.32 Å². The molecule has 0 aliphatic rings. The molecule has 0 unspecified atom stereocenters. The van der Waals surface area contributed by atoms with Crippen LogP contribution in [-0.4, -0.2) is 17.3 Å².